The van der Waals surface area contributed by atoms with Crippen molar-refractivity contribution < 1.29 is 18.7 Å². The van der Waals surface area contributed by atoms with Crippen molar-refractivity contribution in [2.24, 2.45) is 0 Å². The van der Waals surface area contributed by atoms with Crippen LogP contribution in [-0.4, -0.2) is 25.4 Å². The lowest BCUT2D eigenvalue weighted by molar-refractivity contribution is -0.135. The van der Waals surface area contributed by atoms with Crippen LogP contribution >= 0.6 is 23.2 Å². The molecule has 0 atom stereocenters. The summed E-state index contributed by atoms with van der Waals surface area (Å²) in [5.41, 5.74) is -0.560. The highest BCUT2D eigenvalue weighted by Gasteiger charge is 2.24. The summed E-state index contributed by atoms with van der Waals surface area (Å²) >= 11 is 11.8. The minimum atomic E-state index is -0.911. The Labute approximate surface area is 125 Å². The minimum absolute atomic E-state index is 0.0756. The molecule has 108 valence electrons. The van der Waals surface area contributed by atoms with Crippen LogP contribution in [-0.2, 0) is 9.53 Å². The van der Waals surface area contributed by atoms with Crippen molar-refractivity contribution in [2.75, 3.05) is 19.0 Å². The van der Waals surface area contributed by atoms with Gasteiger partial charge < -0.3 is 10.1 Å². The third-order valence-corrected chi connectivity index (χ3v) is 3.22. The monoisotopic (exact) mass is 319 g/mol. The van der Waals surface area contributed by atoms with Gasteiger partial charge in [0.25, 0.3) is 0 Å². The Bertz CT molecular complexity index is 587. The fourth-order valence-corrected chi connectivity index (χ4v) is 2.05. The van der Waals surface area contributed by atoms with E-state index < -0.39 is 23.1 Å². The van der Waals surface area contributed by atoms with E-state index in [0.29, 0.717) is 6.54 Å². The Hall–Kier alpha value is -1.59. The van der Waals surface area contributed by atoms with Crippen molar-refractivity contribution in [1.29, 1.82) is 0 Å². The molecule has 1 aromatic carbocycles. The van der Waals surface area contributed by atoms with Gasteiger partial charge in [0.15, 0.2) is 0 Å². The summed E-state index contributed by atoms with van der Waals surface area (Å²) in [7, 11) is 1.11. The van der Waals surface area contributed by atoms with Gasteiger partial charge in [0, 0.05) is 12.1 Å². The summed E-state index contributed by atoms with van der Waals surface area (Å²) < 4.78 is 18.1. The normalized spacial score (nSPS) is 10.1. The number of halogens is 3. The Morgan fingerprint density at radius 2 is 2.00 bits per heavy atom. The van der Waals surface area contributed by atoms with Gasteiger partial charge in [0.05, 0.1) is 17.8 Å². The molecule has 7 heteroatoms. The van der Waals surface area contributed by atoms with Crippen LogP contribution < -0.4 is 5.32 Å². The largest absolute Gasteiger partial charge is 0.465 e. The summed E-state index contributed by atoms with van der Waals surface area (Å²) in [4.78, 5) is 23.3. The molecule has 1 aromatic rings. The highest BCUT2D eigenvalue weighted by molar-refractivity contribution is 6.42. The van der Waals surface area contributed by atoms with Crippen molar-refractivity contribution in [3.05, 3.63) is 39.6 Å². The second-order valence-corrected chi connectivity index (χ2v) is 4.49. The molecule has 1 N–H and O–H groups in total. The number of hydrogen-bond acceptors (Lipinski definition) is 4. The van der Waals surface area contributed by atoms with Gasteiger partial charge >= 0.3 is 5.97 Å². The van der Waals surface area contributed by atoms with Crippen LogP contribution in [0.3, 0.4) is 0 Å². The van der Waals surface area contributed by atoms with Gasteiger partial charge in [-0.05, 0) is 13.0 Å². The second-order valence-electron chi connectivity index (χ2n) is 3.74. The van der Waals surface area contributed by atoms with Gasteiger partial charge in [-0.25, -0.2) is 9.18 Å². The van der Waals surface area contributed by atoms with Crippen molar-refractivity contribution in [2.45, 2.75) is 6.92 Å². The average molecular weight is 320 g/mol. The van der Waals surface area contributed by atoms with Gasteiger partial charge in [0.1, 0.15) is 16.4 Å². The summed E-state index contributed by atoms with van der Waals surface area (Å²) in [5, 5.41) is 2.46. The number of anilines is 1. The minimum Gasteiger partial charge on any atom is -0.465 e. The molecule has 0 aromatic heterocycles. The van der Waals surface area contributed by atoms with Crippen LogP contribution in [0.4, 0.5) is 10.1 Å². The number of rotatable bonds is 5. The molecule has 0 aliphatic rings. The zero-order valence-electron chi connectivity index (χ0n) is 10.9. The number of carbonyl (C=O) groups is 2. The first-order valence-electron chi connectivity index (χ1n) is 5.58. The summed E-state index contributed by atoms with van der Waals surface area (Å²) in [6, 6.07) is 0.863. The zero-order chi connectivity index (χ0) is 15.4. The Morgan fingerprint density at radius 3 is 2.50 bits per heavy atom. The van der Waals surface area contributed by atoms with Gasteiger partial charge in [0.2, 0.25) is 5.78 Å². The van der Waals surface area contributed by atoms with Crippen molar-refractivity contribution >= 4 is 40.6 Å². The number of ketones is 1. The molecule has 0 bridgehead atoms. The highest BCUT2D eigenvalue weighted by atomic mass is 35.5. The lowest BCUT2D eigenvalue weighted by atomic mass is 10.0. The Kier molecular flexibility index (Phi) is 5.53. The molecule has 0 fully saturated rings. The number of methoxy groups -OCH3 is 1. The molecular weight excluding hydrogens is 308 g/mol. The number of nitrogens with one attached hydrogen (secondary N) is 1. The van der Waals surface area contributed by atoms with E-state index in [-0.39, 0.29) is 21.3 Å². The van der Waals surface area contributed by atoms with E-state index in [4.69, 9.17) is 23.2 Å². The predicted octanol–water partition coefficient (Wildman–Crippen LogP) is 3.48. The Balaban J connectivity index is 3.36. The van der Waals surface area contributed by atoms with Crippen LogP contribution in [0.2, 0.25) is 10.0 Å². The van der Waals surface area contributed by atoms with Crippen LogP contribution in [0, 0.1) is 5.82 Å². The number of benzene rings is 1. The van der Waals surface area contributed by atoms with E-state index >= 15 is 0 Å². The predicted molar refractivity (Wildman–Crippen MR) is 76.1 cm³/mol. The van der Waals surface area contributed by atoms with Crippen LogP contribution in [0.25, 0.3) is 0 Å². The molecular formula is C13H12Cl2FNO3. The van der Waals surface area contributed by atoms with Crippen molar-refractivity contribution in [1.82, 2.24) is 0 Å². The molecule has 0 heterocycles. The molecule has 20 heavy (non-hydrogen) atoms. The number of hydrogen-bond donors (Lipinski definition) is 1. The highest BCUT2D eigenvalue weighted by Crippen LogP contribution is 2.36. The molecule has 1 rings (SSSR count). The molecule has 4 nitrogen and oxygen atoms in total. The van der Waals surface area contributed by atoms with Gasteiger partial charge in [-0.1, -0.05) is 29.8 Å². The third-order valence-electron chi connectivity index (χ3n) is 2.46. The topological polar surface area (TPSA) is 55.4 Å². The lowest BCUT2D eigenvalue weighted by Gasteiger charge is -2.13. The van der Waals surface area contributed by atoms with Crippen LogP contribution in [0.15, 0.2) is 18.2 Å². The SMILES string of the molecule is C=C(C(=O)OC)C(=O)c1cc(F)c(Cl)c(NCC)c1Cl. The van der Waals surface area contributed by atoms with E-state index in [0.717, 1.165) is 13.2 Å². The molecule has 0 spiro atoms. The first-order valence-corrected chi connectivity index (χ1v) is 6.34. The van der Waals surface area contributed by atoms with E-state index in [1.165, 1.54) is 0 Å². The smallest absolute Gasteiger partial charge is 0.341 e. The van der Waals surface area contributed by atoms with Gasteiger partial charge in [-0.3, -0.25) is 4.79 Å². The molecule has 0 unspecified atom stereocenters. The number of esters is 1. The van der Waals surface area contributed by atoms with Crippen molar-refractivity contribution in [3.8, 4) is 0 Å². The lowest BCUT2D eigenvalue weighted by Crippen LogP contribution is -2.15. The molecule has 0 saturated heterocycles. The summed E-state index contributed by atoms with van der Waals surface area (Å²) in [5.74, 6) is -2.56. The van der Waals surface area contributed by atoms with E-state index in [9.17, 15) is 14.0 Å². The third kappa shape index (κ3) is 3.11. The maximum atomic E-state index is 13.7. The van der Waals surface area contributed by atoms with Crippen molar-refractivity contribution in [3.63, 3.8) is 0 Å². The average Bonchev–Trinajstić information content (AvgIpc) is 2.44. The molecule has 0 radical (unpaired) electrons. The molecule has 0 aliphatic carbocycles. The molecule has 0 saturated carbocycles. The van der Waals surface area contributed by atoms with E-state index in [1.54, 1.807) is 6.92 Å². The standard InChI is InChI=1S/C13H12Cl2FNO3/c1-4-17-11-9(14)7(5-8(16)10(11)15)12(18)6(2)13(19)20-3/h5,17H,2,4H2,1,3H3. The maximum Gasteiger partial charge on any atom is 0.341 e. The van der Waals surface area contributed by atoms with Gasteiger partial charge in [-0.15, -0.1) is 0 Å². The van der Waals surface area contributed by atoms with Gasteiger partial charge in [-0.2, -0.15) is 0 Å². The quantitative estimate of drug-likeness (QED) is 0.225. The van der Waals surface area contributed by atoms with E-state index in [1.807, 2.05) is 0 Å². The first-order chi connectivity index (χ1) is 9.34. The second kappa shape index (κ2) is 6.72. The molecule has 0 aliphatic heterocycles. The Morgan fingerprint density at radius 1 is 1.40 bits per heavy atom. The molecule has 0 amide bonds. The summed E-state index contributed by atoms with van der Waals surface area (Å²) in [6.07, 6.45) is 0. The number of carbonyl (C=O) groups excluding carboxylic acids is 2. The summed E-state index contributed by atoms with van der Waals surface area (Å²) in [6.45, 7) is 5.49. The van der Waals surface area contributed by atoms with Crippen LogP contribution in [0.1, 0.15) is 17.3 Å². The van der Waals surface area contributed by atoms with Crippen LogP contribution in [0.5, 0.6) is 0 Å². The number of Topliss-reactive ketones (excluding diaryl/α,β-unsaturated/α-hetero) is 1. The number of ether oxygens (including phenoxy) is 1. The van der Waals surface area contributed by atoms with E-state index in [2.05, 4.69) is 16.6 Å². The maximum absolute atomic E-state index is 13.7. The first kappa shape index (κ1) is 16.5. The fraction of sp³-hybridized carbons (Fsp3) is 0.231. The fourth-order valence-electron chi connectivity index (χ4n) is 1.48. The zero-order valence-corrected chi connectivity index (χ0v) is 12.4.